The fraction of sp³-hybridized carbons (Fsp3) is 0.263. The minimum Gasteiger partial charge on any atom is -0.0654 e. The van der Waals surface area contributed by atoms with Crippen LogP contribution in [0.5, 0.6) is 0 Å². The Morgan fingerprint density at radius 1 is 0.947 bits per heavy atom. The van der Waals surface area contributed by atoms with Crippen molar-refractivity contribution in [1.29, 1.82) is 0 Å². The van der Waals surface area contributed by atoms with Gasteiger partial charge >= 0.3 is 0 Å². The Hall–Kier alpha value is -1.82. The van der Waals surface area contributed by atoms with Gasteiger partial charge in [0.1, 0.15) is 0 Å². The zero-order valence-electron chi connectivity index (χ0n) is 12.0. The van der Waals surface area contributed by atoms with E-state index < -0.39 is 0 Å². The van der Waals surface area contributed by atoms with Crippen molar-refractivity contribution in [3.63, 3.8) is 0 Å². The first-order valence-corrected chi connectivity index (χ1v) is 7.08. The summed E-state index contributed by atoms with van der Waals surface area (Å²) < 4.78 is 0. The third-order valence-corrected chi connectivity index (χ3v) is 4.16. The highest BCUT2D eigenvalue weighted by Gasteiger charge is 2.17. The van der Waals surface area contributed by atoms with Crippen molar-refractivity contribution in [2.45, 2.75) is 33.6 Å². The van der Waals surface area contributed by atoms with Crippen LogP contribution in [0.15, 0.2) is 42.0 Å². The molecular formula is C19H20. The van der Waals surface area contributed by atoms with Crippen LogP contribution >= 0.6 is 0 Å². The molecule has 0 amide bonds. The highest BCUT2D eigenvalue weighted by atomic mass is 14.2. The lowest BCUT2D eigenvalue weighted by atomic mass is 9.93. The monoisotopic (exact) mass is 248 g/mol. The Balaban J connectivity index is 2.16. The van der Waals surface area contributed by atoms with Crippen LogP contribution in [-0.4, -0.2) is 0 Å². The number of benzene rings is 2. The van der Waals surface area contributed by atoms with Crippen LogP contribution < -0.4 is 0 Å². The molecule has 0 N–H and O–H groups in total. The summed E-state index contributed by atoms with van der Waals surface area (Å²) in [5.74, 6) is 0. The molecule has 0 saturated carbocycles. The molecule has 0 spiro atoms. The lowest BCUT2D eigenvalue weighted by molar-refractivity contribution is 1.03. The summed E-state index contributed by atoms with van der Waals surface area (Å²) in [6.07, 6.45) is 4.69. The molecule has 0 radical (unpaired) electrons. The molecule has 19 heavy (non-hydrogen) atoms. The van der Waals surface area contributed by atoms with E-state index in [9.17, 15) is 0 Å². The van der Waals surface area contributed by atoms with Gasteiger partial charge in [-0.3, -0.25) is 0 Å². The summed E-state index contributed by atoms with van der Waals surface area (Å²) >= 11 is 0. The number of hydrogen-bond acceptors (Lipinski definition) is 0. The Morgan fingerprint density at radius 3 is 2.37 bits per heavy atom. The fourth-order valence-corrected chi connectivity index (χ4v) is 2.87. The molecule has 2 aromatic carbocycles. The highest BCUT2D eigenvalue weighted by molar-refractivity contribution is 5.81. The SMILES string of the molecule is CCC1=Cc2c(-c3ccc(C)cc3)ccc(C)c2C1. The molecule has 0 fully saturated rings. The van der Waals surface area contributed by atoms with Crippen LogP contribution in [0, 0.1) is 13.8 Å². The van der Waals surface area contributed by atoms with Gasteiger partial charge in [0.15, 0.2) is 0 Å². The topological polar surface area (TPSA) is 0 Å². The van der Waals surface area contributed by atoms with Gasteiger partial charge in [0.2, 0.25) is 0 Å². The van der Waals surface area contributed by atoms with Crippen LogP contribution in [0.25, 0.3) is 17.2 Å². The number of aryl methyl sites for hydroxylation is 2. The van der Waals surface area contributed by atoms with E-state index in [1.807, 2.05) is 0 Å². The zero-order valence-corrected chi connectivity index (χ0v) is 12.0. The van der Waals surface area contributed by atoms with Crippen LogP contribution in [-0.2, 0) is 6.42 Å². The van der Waals surface area contributed by atoms with Crippen molar-refractivity contribution in [1.82, 2.24) is 0 Å². The summed E-state index contributed by atoms with van der Waals surface area (Å²) in [6, 6.07) is 13.4. The first-order chi connectivity index (χ1) is 9.19. The molecule has 96 valence electrons. The van der Waals surface area contributed by atoms with Crippen molar-refractivity contribution in [2.24, 2.45) is 0 Å². The van der Waals surface area contributed by atoms with Crippen molar-refractivity contribution in [2.75, 3.05) is 0 Å². The average molecular weight is 248 g/mol. The molecule has 0 heterocycles. The second kappa shape index (κ2) is 4.70. The largest absolute Gasteiger partial charge is 0.0654 e. The maximum absolute atomic E-state index is 2.40. The van der Waals surface area contributed by atoms with E-state index >= 15 is 0 Å². The number of hydrogen-bond donors (Lipinski definition) is 0. The molecule has 0 nitrogen and oxygen atoms in total. The van der Waals surface area contributed by atoms with Gasteiger partial charge in [0.05, 0.1) is 0 Å². The maximum atomic E-state index is 2.40. The van der Waals surface area contributed by atoms with E-state index in [-0.39, 0.29) is 0 Å². The first-order valence-electron chi connectivity index (χ1n) is 7.08. The van der Waals surface area contributed by atoms with Gasteiger partial charge in [-0.05, 0) is 54.5 Å². The molecule has 1 aliphatic rings. The van der Waals surface area contributed by atoms with Crippen LogP contribution in [0.1, 0.15) is 35.6 Å². The second-order valence-corrected chi connectivity index (χ2v) is 5.52. The molecule has 0 aromatic heterocycles. The summed E-state index contributed by atoms with van der Waals surface area (Å²) in [6.45, 7) is 6.61. The Labute approximate surface area is 115 Å². The minimum atomic E-state index is 1.14. The third kappa shape index (κ3) is 2.12. The Kier molecular flexibility index (Phi) is 3.02. The molecule has 1 aliphatic carbocycles. The number of rotatable bonds is 2. The average Bonchev–Trinajstić information content (AvgIpc) is 2.86. The first kappa shape index (κ1) is 12.2. The third-order valence-electron chi connectivity index (χ3n) is 4.16. The highest BCUT2D eigenvalue weighted by Crippen LogP contribution is 2.36. The van der Waals surface area contributed by atoms with Gasteiger partial charge in [0.25, 0.3) is 0 Å². The summed E-state index contributed by atoms with van der Waals surface area (Å²) in [7, 11) is 0. The molecule has 2 aromatic rings. The quantitative estimate of drug-likeness (QED) is 0.674. The number of allylic oxidation sites excluding steroid dienone is 1. The Bertz CT molecular complexity index is 642. The van der Waals surface area contributed by atoms with Gasteiger partial charge in [-0.1, -0.05) is 60.5 Å². The van der Waals surface area contributed by atoms with Crippen LogP contribution in [0.4, 0.5) is 0 Å². The lowest BCUT2D eigenvalue weighted by Gasteiger charge is -2.11. The molecule has 3 rings (SSSR count). The van der Waals surface area contributed by atoms with Crippen molar-refractivity contribution >= 4 is 6.08 Å². The minimum absolute atomic E-state index is 1.14. The predicted octanol–water partition coefficient (Wildman–Crippen LogP) is 5.32. The summed E-state index contributed by atoms with van der Waals surface area (Å²) in [5.41, 5.74) is 9.97. The molecule has 0 bridgehead atoms. The van der Waals surface area contributed by atoms with Gasteiger partial charge in [-0.15, -0.1) is 0 Å². The molecule has 0 atom stereocenters. The van der Waals surface area contributed by atoms with E-state index in [0.29, 0.717) is 0 Å². The van der Waals surface area contributed by atoms with Crippen molar-refractivity contribution in [3.05, 3.63) is 64.2 Å². The molecule has 0 heteroatoms. The van der Waals surface area contributed by atoms with E-state index in [1.165, 1.54) is 33.4 Å². The van der Waals surface area contributed by atoms with E-state index in [0.717, 1.165) is 12.8 Å². The van der Waals surface area contributed by atoms with Gasteiger partial charge in [-0.2, -0.15) is 0 Å². The smallest absolute Gasteiger partial charge is 0.00551 e. The molecule has 0 aliphatic heterocycles. The number of fused-ring (bicyclic) bond motifs is 1. The normalized spacial score (nSPS) is 13.3. The van der Waals surface area contributed by atoms with Crippen molar-refractivity contribution < 1.29 is 0 Å². The van der Waals surface area contributed by atoms with Gasteiger partial charge in [0, 0.05) is 0 Å². The predicted molar refractivity (Wildman–Crippen MR) is 83.3 cm³/mol. The zero-order chi connectivity index (χ0) is 13.4. The summed E-state index contributed by atoms with van der Waals surface area (Å²) in [4.78, 5) is 0. The molecular weight excluding hydrogens is 228 g/mol. The molecule has 0 unspecified atom stereocenters. The lowest BCUT2D eigenvalue weighted by Crippen LogP contribution is -1.92. The second-order valence-electron chi connectivity index (χ2n) is 5.52. The molecule has 0 saturated heterocycles. The summed E-state index contributed by atoms with van der Waals surface area (Å²) in [5, 5.41) is 0. The van der Waals surface area contributed by atoms with E-state index in [2.05, 4.69) is 63.2 Å². The standard InChI is InChI=1S/C19H20/c1-4-15-11-18-14(3)7-10-17(19(18)12-15)16-8-5-13(2)6-9-16/h5-10,12H,4,11H2,1-3H3. The van der Waals surface area contributed by atoms with Crippen LogP contribution in [0.3, 0.4) is 0 Å². The van der Waals surface area contributed by atoms with Gasteiger partial charge < -0.3 is 0 Å². The van der Waals surface area contributed by atoms with Crippen LogP contribution in [0.2, 0.25) is 0 Å². The van der Waals surface area contributed by atoms with Crippen molar-refractivity contribution in [3.8, 4) is 11.1 Å². The van der Waals surface area contributed by atoms with E-state index in [1.54, 1.807) is 5.57 Å². The fourth-order valence-electron chi connectivity index (χ4n) is 2.87. The van der Waals surface area contributed by atoms with Gasteiger partial charge in [-0.25, -0.2) is 0 Å². The Morgan fingerprint density at radius 2 is 1.68 bits per heavy atom. The maximum Gasteiger partial charge on any atom is -0.00551 e. The van der Waals surface area contributed by atoms with E-state index in [4.69, 9.17) is 0 Å².